The molecular formula is C12H20N2O2. The normalized spacial score (nSPS) is 16.6. The number of carbonyl (C=O) groups is 1. The smallest absolute Gasteiger partial charge is 0.226 e. The van der Waals surface area contributed by atoms with Crippen molar-refractivity contribution in [1.82, 2.24) is 4.90 Å². The molecule has 4 nitrogen and oxygen atoms in total. The highest BCUT2D eigenvalue weighted by molar-refractivity contribution is 5.77. The SMILES string of the molecule is C#CCN(CC1CC1)C(=O)CC(CN)OC. The summed E-state index contributed by atoms with van der Waals surface area (Å²) in [7, 11) is 1.57. The highest BCUT2D eigenvalue weighted by Gasteiger charge is 2.27. The summed E-state index contributed by atoms with van der Waals surface area (Å²) in [5, 5.41) is 0. The number of nitrogens with zero attached hydrogens (tertiary/aromatic N) is 1. The van der Waals surface area contributed by atoms with Gasteiger partial charge in [-0.2, -0.15) is 0 Å². The first-order chi connectivity index (χ1) is 7.71. The summed E-state index contributed by atoms with van der Waals surface area (Å²) < 4.78 is 5.09. The number of terminal acetylenes is 1. The number of ether oxygens (including phenoxy) is 1. The molecule has 1 unspecified atom stereocenters. The van der Waals surface area contributed by atoms with Crippen LogP contribution in [0.3, 0.4) is 0 Å². The molecule has 0 aromatic heterocycles. The van der Waals surface area contributed by atoms with E-state index in [1.807, 2.05) is 0 Å². The Morgan fingerprint density at radius 1 is 1.69 bits per heavy atom. The molecule has 1 aliphatic carbocycles. The number of rotatable bonds is 7. The standard InChI is InChI=1S/C12H20N2O2/c1-3-6-14(9-10-4-5-10)12(15)7-11(8-13)16-2/h1,10-11H,4-9,13H2,2H3. The third-order valence-corrected chi connectivity index (χ3v) is 2.81. The second kappa shape index (κ2) is 6.51. The second-order valence-electron chi connectivity index (χ2n) is 4.22. The summed E-state index contributed by atoms with van der Waals surface area (Å²) in [6.45, 7) is 1.52. The molecule has 0 heterocycles. The molecule has 1 saturated carbocycles. The van der Waals surface area contributed by atoms with Crippen LogP contribution in [0.15, 0.2) is 0 Å². The molecular weight excluding hydrogens is 204 g/mol. The van der Waals surface area contributed by atoms with Gasteiger partial charge in [-0.25, -0.2) is 0 Å². The van der Waals surface area contributed by atoms with Crippen LogP contribution in [0.2, 0.25) is 0 Å². The number of amides is 1. The third-order valence-electron chi connectivity index (χ3n) is 2.81. The molecule has 0 radical (unpaired) electrons. The van der Waals surface area contributed by atoms with Crippen molar-refractivity contribution in [2.24, 2.45) is 11.7 Å². The average molecular weight is 224 g/mol. The summed E-state index contributed by atoms with van der Waals surface area (Å²) in [6, 6.07) is 0. The molecule has 1 atom stereocenters. The van der Waals surface area contributed by atoms with Gasteiger partial charge >= 0.3 is 0 Å². The van der Waals surface area contributed by atoms with Crippen molar-refractivity contribution in [3.63, 3.8) is 0 Å². The lowest BCUT2D eigenvalue weighted by molar-refractivity contribution is -0.133. The molecule has 16 heavy (non-hydrogen) atoms. The first-order valence-corrected chi connectivity index (χ1v) is 5.65. The van der Waals surface area contributed by atoms with Crippen molar-refractivity contribution in [3.05, 3.63) is 0 Å². The molecule has 0 aromatic rings. The van der Waals surface area contributed by atoms with Gasteiger partial charge in [0.05, 0.1) is 19.1 Å². The molecule has 1 fully saturated rings. The van der Waals surface area contributed by atoms with Crippen LogP contribution in [0.5, 0.6) is 0 Å². The Balaban J connectivity index is 2.42. The Hall–Kier alpha value is -1.05. The van der Waals surface area contributed by atoms with Gasteiger partial charge in [-0.05, 0) is 18.8 Å². The van der Waals surface area contributed by atoms with Crippen molar-refractivity contribution in [2.75, 3.05) is 26.7 Å². The molecule has 0 bridgehead atoms. The predicted octanol–water partition coefficient (Wildman–Crippen LogP) is 0.222. The third kappa shape index (κ3) is 4.21. The minimum atomic E-state index is -0.202. The van der Waals surface area contributed by atoms with Crippen LogP contribution in [0, 0.1) is 18.3 Å². The van der Waals surface area contributed by atoms with Gasteiger partial charge in [-0.3, -0.25) is 4.79 Å². The van der Waals surface area contributed by atoms with Gasteiger partial charge in [0.1, 0.15) is 0 Å². The van der Waals surface area contributed by atoms with E-state index in [0.29, 0.717) is 25.4 Å². The summed E-state index contributed by atoms with van der Waals surface area (Å²) >= 11 is 0. The number of carbonyl (C=O) groups excluding carboxylic acids is 1. The minimum Gasteiger partial charge on any atom is -0.380 e. The molecule has 2 N–H and O–H groups in total. The van der Waals surface area contributed by atoms with E-state index in [1.165, 1.54) is 12.8 Å². The van der Waals surface area contributed by atoms with E-state index in [4.69, 9.17) is 16.9 Å². The van der Waals surface area contributed by atoms with Crippen LogP contribution in [0.25, 0.3) is 0 Å². The maximum absolute atomic E-state index is 11.9. The number of nitrogens with two attached hydrogens (primary N) is 1. The summed E-state index contributed by atoms with van der Waals surface area (Å²) in [5.41, 5.74) is 5.48. The van der Waals surface area contributed by atoms with Crippen LogP contribution in [0.1, 0.15) is 19.3 Å². The maximum Gasteiger partial charge on any atom is 0.226 e. The first-order valence-electron chi connectivity index (χ1n) is 5.65. The Labute approximate surface area is 97.1 Å². The number of hydrogen-bond donors (Lipinski definition) is 1. The number of methoxy groups -OCH3 is 1. The zero-order chi connectivity index (χ0) is 12.0. The number of hydrogen-bond acceptors (Lipinski definition) is 3. The molecule has 1 aliphatic rings. The van der Waals surface area contributed by atoms with Crippen molar-refractivity contribution in [1.29, 1.82) is 0 Å². The van der Waals surface area contributed by atoms with Gasteiger partial charge in [0.25, 0.3) is 0 Å². The molecule has 1 rings (SSSR count). The lowest BCUT2D eigenvalue weighted by Crippen LogP contribution is -2.37. The Kier molecular flexibility index (Phi) is 5.30. The highest BCUT2D eigenvalue weighted by Crippen LogP contribution is 2.29. The predicted molar refractivity (Wildman–Crippen MR) is 62.6 cm³/mol. The van der Waals surface area contributed by atoms with E-state index < -0.39 is 0 Å². The van der Waals surface area contributed by atoms with Gasteiger partial charge in [0.2, 0.25) is 5.91 Å². The topological polar surface area (TPSA) is 55.6 Å². The van der Waals surface area contributed by atoms with Crippen molar-refractivity contribution in [3.8, 4) is 12.3 Å². The quantitative estimate of drug-likeness (QED) is 0.629. The molecule has 0 saturated heterocycles. The van der Waals surface area contributed by atoms with E-state index in [1.54, 1.807) is 12.0 Å². The van der Waals surface area contributed by atoms with Crippen molar-refractivity contribution in [2.45, 2.75) is 25.4 Å². The molecule has 0 aromatic carbocycles. The summed E-state index contributed by atoms with van der Waals surface area (Å²) in [4.78, 5) is 13.7. The van der Waals surface area contributed by atoms with Gasteiger partial charge < -0.3 is 15.4 Å². The van der Waals surface area contributed by atoms with Crippen LogP contribution in [-0.4, -0.2) is 43.7 Å². The fraction of sp³-hybridized carbons (Fsp3) is 0.750. The van der Waals surface area contributed by atoms with Crippen molar-refractivity contribution < 1.29 is 9.53 Å². The summed E-state index contributed by atoms with van der Waals surface area (Å²) in [5.74, 6) is 3.22. The van der Waals surface area contributed by atoms with Crippen LogP contribution < -0.4 is 5.73 Å². The Morgan fingerprint density at radius 2 is 2.38 bits per heavy atom. The first kappa shape index (κ1) is 13.0. The lowest BCUT2D eigenvalue weighted by Gasteiger charge is -2.22. The van der Waals surface area contributed by atoms with Crippen molar-refractivity contribution >= 4 is 5.91 Å². The zero-order valence-electron chi connectivity index (χ0n) is 9.82. The fourth-order valence-electron chi connectivity index (χ4n) is 1.56. The highest BCUT2D eigenvalue weighted by atomic mass is 16.5. The van der Waals surface area contributed by atoms with Gasteiger partial charge in [-0.1, -0.05) is 5.92 Å². The Morgan fingerprint density at radius 3 is 2.81 bits per heavy atom. The Bertz CT molecular complexity index is 265. The monoisotopic (exact) mass is 224 g/mol. The average Bonchev–Trinajstić information content (AvgIpc) is 3.08. The van der Waals surface area contributed by atoms with Gasteiger partial charge in [-0.15, -0.1) is 6.42 Å². The van der Waals surface area contributed by atoms with E-state index in [9.17, 15) is 4.79 Å². The fourth-order valence-corrected chi connectivity index (χ4v) is 1.56. The zero-order valence-corrected chi connectivity index (χ0v) is 9.82. The molecule has 90 valence electrons. The van der Waals surface area contributed by atoms with Gasteiger partial charge in [0, 0.05) is 20.2 Å². The van der Waals surface area contributed by atoms with E-state index in [-0.39, 0.29) is 12.0 Å². The van der Waals surface area contributed by atoms with Crippen LogP contribution >= 0.6 is 0 Å². The second-order valence-corrected chi connectivity index (χ2v) is 4.22. The summed E-state index contributed by atoms with van der Waals surface area (Å²) in [6.07, 6.45) is 7.79. The molecule has 0 aliphatic heterocycles. The van der Waals surface area contributed by atoms with Crippen LogP contribution in [0.4, 0.5) is 0 Å². The molecule has 4 heteroatoms. The largest absolute Gasteiger partial charge is 0.380 e. The maximum atomic E-state index is 11.9. The minimum absolute atomic E-state index is 0.0437. The van der Waals surface area contributed by atoms with E-state index >= 15 is 0 Å². The molecule has 0 spiro atoms. The van der Waals surface area contributed by atoms with Gasteiger partial charge in [0.15, 0.2) is 0 Å². The van der Waals surface area contributed by atoms with E-state index in [0.717, 1.165) is 6.54 Å². The molecule has 1 amide bonds. The van der Waals surface area contributed by atoms with Crippen LogP contribution in [-0.2, 0) is 9.53 Å². The van der Waals surface area contributed by atoms with E-state index in [2.05, 4.69) is 5.92 Å². The lowest BCUT2D eigenvalue weighted by atomic mass is 10.2.